The molecule has 1 heterocycles. The number of nitrogens with zero attached hydrogens (tertiary/aromatic N) is 2. The standard InChI is InChI=1S/C17H16N2O2/c1-12-7-8-15-14(11-12)16(18-21)17(20)19(15)10-9-13-5-3-2-4-6-13/h2-8,11,20H,9-10H2,1H3. The van der Waals surface area contributed by atoms with Gasteiger partial charge in [0.05, 0.1) is 5.52 Å². The van der Waals surface area contributed by atoms with E-state index >= 15 is 0 Å². The van der Waals surface area contributed by atoms with Crippen LogP contribution in [-0.4, -0.2) is 9.67 Å². The van der Waals surface area contributed by atoms with Crippen LogP contribution in [0.15, 0.2) is 53.7 Å². The van der Waals surface area contributed by atoms with Gasteiger partial charge in [-0.15, -0.1) is 4.91 Å². The molecule has 106 valence electrons. The lowest BCUT2D eigenvalue weighted by Crippen LogP contribution is -2.00. The summed E-state index contributed by atoms with van der Waals surface area (Å²) in [6, 6.07) is 15.8. The van der Waals surface area contributed by atoms with E-state index in [4.69, 9.17) is 0 Å². The van der Waals surface area contributed by atoms with Gasteiger partial charge in [0.1, 0.15) is 0 Å². The second-order valence-corrected chi connectivity index (χ2v) is 5.17. The summed E-state index contributed by atoms with van der Waals surface area (Å²) in [6.45, 7) is 2.55. The van der Waals surface area contributed by atoms with Crippen LogP contribution >= 0.6 is 0 Å². The highest BCUT2D eigenvalue weighted by molar-refractivity contribution is 5.95. The molecule has 0 saturated carbocycles. The first-order chi connectivity index (χ1) is 10.2. The molecule has 0 atom stereocenters. The number of rotatable bonds is 4. The third kappa shape index (κ3) is 2.40. The van der Waals surface area contributed by atoms with Crippen molar-refractivity contribution in [3.8, 4) is 5.88 Å². The fraction of sp³-hybridized carbons (Fsp3) is 0.176. The Hall–Kier alpha value is -2.62. The Balaban J connectivity index is 2.02. The van der Waals surface area contributed by atoms with Crippen LogP contribution in [0.5, 0.6) is 5.88 Å². The summed E-state index contributed by atoms with van der Waals surface area (Å²) in [6.07, 6.45) is 0.782. The van der Waals surface area contributed by atoms with Crippen LogP contribution in [-0.2, 0) is 13.0 Å². The average molecular weight is 280 g/mol. The fourth-order valence-corrected chi connectivity index (χ4v) is 2.64. The molecule has 0 aliphatic heterocycles. The van der Waals surface area contributed by atoms with Gasteiger partial charge in [-0.25, -0.2) is 0 Å². The van der Waals surface area contributed by atoms with E-state index in [1.165, 1.54) is 5.56 Å². The normalized spacial score (nSPS) is 10.9. The zero-order valence-corrected chi connectivity index (χ0v) is 11.8. The highest BCUT2D eigenvalue weighted by Gasteiger charge is 2.17. The lowest BCUT2D eigenvalue weighted by Gasteiger charge is -2.07. The largest absolute Gasteiger partial charge is 0.493 e. The Bertz CT molecular complexity index is 791. The molecule has 0 bridgehead atoms. The van der Waals surface area contributed by atoms with Gasteiger partial charge in [0.25, 0.3) is 0 Å². The van der Waals surface area contributed by atoms with Gasteiger partial charge in [-0.3, -0.25) is 0 Å². The van der Waals surface area contributed by atoms with E-state index in [1.54, 1.807) is 4.57 Å². The molecular formula is C17H16N2O2. The number of hydrogen-bond donors (Lipinski definition) is 1. The average Bonchev–Trinajstić information content (AvgIpc) is 2.76. The molecule has 21 heavy (non-hydrogen) atoms. The van der Waals surface area contributed by atoms with E-state index in [2.05, 4.69) is 5.18 Å². The van der Waals surface area contributed by atoms with E-state index in [9.17, 15) is 10.0 Å². The van der Waals surface area contributed by atoms with Gasteiger partial charge in [-0.2, -0.15) is 0 Å². The fourth-order valence-electron chi connectivity index (χ4n) is 2.64. The SMILES string of the molecule is Cc1ccc2c(c1)c(N=O)c(O)n2CCc1ccccc1. The third-order valence-electron chi connectivity index (χ3n) is 3.72. The lowest BCUT2D eigenvalue weighted by molar-refractivity contribution is 0.423. The smallest absolute Gasteiger partial charge is 0.222 e. The number of aromatic nitrogens is 1. The molecule has 1 aromatic heterocycles. The van der Waals surface area contributed by atoms with Crippen molar-refractivity contribution in [1.82, 2.24) is 4.57 Å². The summed E-state index contributed by atoms with van der Waals surface area (Å²) in [7, 11) is 0. The summed E-state index contributed by atoms with van der Waals surface area (Å²) >= 11 is 0. The van der Waals surface area contributed by atoms with Crippen molar-refractivity contribution in [1.29, 1.82) is 0 Å². The minimum Gasteiger partial charge on any atom is -0.493 e. The van der Waals surface area contributed by atoms with E-state index in [0.29, 0.717) is 11.9 Å². The van der Waals surface area contributed by atoms with Gasteiger partial charge in [-0.1, -0.05) is 42.0 Å². The minimum absolute atomic E-state index is 0.0541. The molecule has 0 spiro atoms. The Morgan fingerprint density at radius 1 is 1.14 bits per heavy atom. The third-order valence-corrected chi connectivity index (χ3v) is 3.72. The number of fused-ring (bicyclic) bond motifs is 1. The maximum absolute atomic E-state index is 11.0. The first-order valence-electron chi connectivity index (χ1n) is 6.90. The van der Waals surface area contributed by atoms with Crippen LogP contribution in [0.2, 0.25) is 0 Å². The Labute approximate surface area is 122 Å². The van der Waals surface area contributed by atoms with Crippen LogP contribution in [0.25, 0.3) is 10.9 Å². The predicted octanol–water partition coefficient (Wildman–Crippen LogP) is 4.30. The second kappa shape index (κ2) is 5.40. The summed E-state index contributed by atoms with van der Waals surface area (Å²) in [4.78, 5) is 11.0. The van der Waals surface area contributed by atoms with Crippen LogP contribution in [0.4, 0.5) is 5.69 Å². The molecule has 0 fully saturated rings. The molecule has 0 radical (unpaired) electrons. The molecule has 0 saturated heterocycles. The summed E-state index contributed by atoms with van der Waals surface area (Å²) in [5, 5.41) is 13.9. The highest BCUT2D eigenvalue weighted by atomic mass is 16.3. The minimum atomic E-state index is -0.0541. The maximum atomic E-state index is 11.0. The molecule has 4 heteroatoms. The van der Waals surface area contributed by atoms with Crippen molar-refractivity contribution in [3.63, 3.8) is 0 Å². The van der Waals surface area contributed by atoms with Gasteiger partial charge in [0.15, 0.2) is 5.69 Å². The summed E-state index contributed by atoms with van der Waals surface area (Å²) in [5.74, 6) is -0.0541. The van der Waals surface area contributed by atoms with E-state index in [0.717, 1.165) is 17.5 Å². The molecule has 0 aliphatic carbocycles. The molecule has 1 N–H and O–H groups in total. The summed E-state index contributed by atoms with van der Waals surface area (Å²) < 4.78 is 1.75. The molecule has 4 nitrogen and oxygen atoms in total. The molecular weight excluding hydrogens is 264 g/mol. The molecule has 3 aromatic rings. The van der Waals surface area contributed by atoms with Crippen molar-refractivity contribution in [2.24, 2.45) is 5.18 Å². The molecule has 0 aliphatic rings. The zero-order valence-electron chi connectivity index (χ0n) is 11.8. The van der Waals surface area contributed by atoms with E-state index < -0.39 is 0 Å². The monoisotopic (exact) mass is 280 g/mol. The topological polar surface area (TPSA) is 54.6 Å². The van der Waals surface area contributed by atoms with E-state index in [1.807, 2.05) is 55.5 Å². The van der Waals surface area contributed by atoms with Gasteiger partial charge < -0.3 is 9.67 Å². The maximum Gasteiger partial charge on any atom is 0.222 e. The highest BCUT2D eigenvalue weighted by Crippen LogP contribution is 2.38. The lowest BCUT2D eigenvalue weighted by atomic mass is 10.1. The molecule has 2 aromatic carbocycles. The number of aryl methyl sites for hydroxylation is 3. The van der Waals surface area contributed by atoms with E-state index in [-0.39, 0.29) is 11.6 Å². The van der Waals surface area contributed by atoms with Crippen molar-refractivity contribution >= 4 is 16.6 Å². The Kier molecular flexibility index (Phi) is 3.44. The first-order valence-corrected chi connectivity index (χ1v) is 6.90. The van der Waals surface area contributed by atoms with Gasteiger partial charge in [0.2, 0.25) is 5.88 Å². The van der Waals surface area contributed by atoms with Gasteiger partial charge in [0, 0.05) is 11.9 Å². The summed E-state index contributed by atoms with van der Waals surface area (Å²) in [5.41, 5.74) is 3.18. The predicted molar refractivity (Wildman–Crippen MR) is 83.9 cm³/mol. The van der Waals surface area contributed by atoms with Crippen LogP contribution < -0.4 is 0 Å². The number of aromatic hydroxyl groups is 1. The van der Waals surface area contributed by atoms with Crippen LogP contribution in [0, 0.1) is 11.8 Å². The molecule has 0 unspecified atom stereocenters. The van der Waals surface area contributed by atoms with Crippen molar-refractivity contribution in [2.75, 3.05) is 0 Å². The van der Waals surface area contributed by atoms with Crippen molar-refractivity contribution < 1.29 is 5.11 Å². The van der Waals surface area contributed by atoms with Crippen LogP contribution in [0.3, 0.4) is 0 Å². The Morgan fingerprint density at radius 2 is 1.90 bits per heavy atom. The molecule has 0 amide bonds. The quantitative estimate of drug-likeness (QED) is 0.724. The molecule has 3 rings (SSSR count). The first kappa shape index (κ1) is 13.4. The van der Waals surface area contributed by atoms with Crippen LogP contribution in [0.1, 0.15) is 11.1 Å². The second-order valence-electron chi connectivity index (χ2n) is 5.17. The number of hydrogen-bond acceptors (Lipinski definition) is 3. The number of benzene rings is 2. The Morgan fingerprint density at radius 3 is 2.62 bits per heavy atom. The van der Waals surface area contributed by atoms with Crippen molar-refractivity contribution in [2.45, 2.75) is 19.9 Å². The van der Waals surface area contributed by atoms with Gasteiger partial charge >= 0.3 is 0 Å². The van der Waals surface area contributed by atoms with Gasteiger partial charge in [-0.05, 0) is 36.2 Å². The van der Waals surface area contributed by atoms with Crippen molar-refractivity contribution in [3.05, 3.63) is 64.6 Å². The number of nitroso groups, excluding NO2 is 1. The zero-order chi connectivity index (χ0) is 14.8.